The van der Waals surface area contributed by atoms with Crippen molar-refractivity contribution in [1.29, 1.82) is 0 Å². The van der Waals surface area contributed by atoms with E-state index in [1.165, 1.54) is 18.5 Å². The van der Waals surface area contributed by atoms with E-state index in [1.54, 1.807) is 24.5 Å². The molecule has 3 aromatic heterocycles. The number of rotatable bonds is 3. The number of benzene rings is 1. The molecule has 4 atom stereocenters. The van der Waals surface area contributed by atoms with Crippen LogP contribution < -0.4 is 5.73 Å². The highest BCUT2D eigenvalue weighted by molar-refractivity contribution is 6.30. The lowest BCUT2D eigenvalue weighted by Gasteiger charge is -2.25. The fourth-order valence-corrected chi connectivity index (χ4v) is 4.82. The van der Waals surface area contributed by atoms with Crippen molar-refractivity contribution in [3.8, 4) is 11.4 Å². The Morgan fingerprint density at radius 2 is 1.86 bits per heavy atom. The standard InChI is InChI=1S/C24H25ClFN7O4/c1-23(2,3)22-32-31-20(35-22)15-14-16(37-24(4,5)36-14)21(34-15)33-18(11-7-6-10(25)8-12(11)26)30-13-17(27)28-9-29-19(13)33/h6-9,14-16,21H,1-5H3,(H2,27,28,29)/t14-,15-,16+,21+/m0/s1. The fourth-order valence-electron chi connectivity index (χ4n) is 4.66. The van der Waals surface area contributed by atoms with Crippen molar-refractivity contribution in [3.05, 3.63) is 47.1 Å². The van der Waals surface area contributed by atoms with E-state index < -0.39 is 36.1 Å². The molecule has 2 aliphatic heterocycles. The van der Waals surface area contributed by atoms with E-state index in [-0.39, 0.29) is 33.5 Å². The zero-order valence-corrected chi connectivity index (χ0v) is 21.5. The lowest BCUT2D eigenvalue weighted by atomic mass is 9.97. The molecule has 1 aromatic carbocycles. The van der Waals surface area contributed by atoms with E-state index >= 15 is 4.39 Å². The van der Waals surface area contributed by atoms with Crippen LogP contribution in [-0.4, -0.2) is 47.7 Å². The summed E-state index contributed by atoms with van der Waals surface area (Å²) in [7, 11) is 0. The molecule has 0 spiro atoms. The van der Waals surface area contributed by atoms with Crippen molar-refractivity contribution >= 4 is 28.6 Å². The summed E-state index contributed by atoms with van der Waals surface area (Å²) in [6.07, 6.45) is -1.56. The Balaban J connectivity index is 1.52. The van der Waals surface area contributed by atoms with Crippen LogP contribution in [0.15, 0.2) is 28.9 Å². The zero-order valence-electron chi connectivity index (χ0n) is 20.8. The molecule has 194 valence electrons. The van der Waals surface area contributed by atoms with Gasteiger partial charge in [-0.1, -0.05) is 32.4 Å². The maximum Gasteiger partial charge on any atom is 0.248 e. The number of aromatic nitrogens is 6. The highest BCUT2D eigenvalue weighted by Crippen LogP contribution is 2.50. The average molecular weight is 530 g/mol. The van der Waals surface area contributed by atoms with E-state index in [0.717, 1.165) is 0 Å². The number of hydrogen-bond donors (Lipinski definition) is 1. The van der Waals surface area contributed by atoms with Crippen LogP contribution in [0.5, 0.6) is 0 Å². The summed E-state index contributed by atoms with van der Waals surface area (Å²) in [6.45, 7) is 9.52. The van der Waals surface area contributed by atoms with Crippen LogP contribution in [0.3, 0.4) is 0 Å². The summed E-state index contributed by atoms with van der Waals surface area (Å²) in [4.78, 5) is 13.0. The first-order chi connectivity index (χ1) is 17.4. The van der Waals surface area contributed by atoms with Crippen LogP contribution in [-0.2, 0) is 19.6 Å². The van der Waals surface area contributed by atoms with Gasteiger partial charge in [0.05, 0.1) is 5.56 Å². The topological polar surface area (TPSA) is 136 Å². The van der Waals surface area contributed by atoms with Crippen LogP contribution >= 0.6 is 11.6 Å². The molecular weight excluding hydrogens is 505 g/mol. The van der Waals surface area contributed by atoms with E-state index in [1.807, 2.05) is 20.8 Å². The number of anilines is 1. The minimum atomic E-state index is -0.932. The van der Waals surface area contributed by atoms with Crippen LogP contribution in [0, 0.1) is 5.82 Å². The first-order valence-corrected chi connectivity index (χ1v) is 12.1. The number of imidazole rings is 1. The van der Waals surface area contributed by atoms with Gasteiger partial charge in [-0.2, -0.15) is 0 Å². The van der Waals surface area contributed by atoms with Crippen molar-refractivity contribution in [1.82, 2.24) is 29.7 Å². The number of fused-ring (bicyclic) bond motifs is 2. The third-order valence-corrected chi connectivity index (χ3v) is 6.52. The summed E-state index contributed by atoms with van der Waals surface area (Å²) >= 11 is 6.01. The molecule has 0 radical (unpaired) electrons. The van der Waals surface area contributed by atoms with Gasteiger partial charge in [0, 0.05) is 10.4 Å². The van der Waals surface area contributed by atoms with Gasteiger partial charge in [-0.15, -0.1) is 10.2 Å². The Hall–Kier alpha value is -3.19. The minimum absolute atomic E-state index is 0.140. The molecular formula is C24H25ClFN7O4. The molecule has 0 bridgehead atoms. The molecule has 5 heterocycles. The number of nitrogens with zero attached hydrogens (tertiary/aromatic N) is 6. The van der Waals surface area contributed by atoms with Crippen molar-refractivity contribution in [2.24, 2.45) is 0 Å². The Morgan fingerprint density at radius 1 is 1.11 bits per heavy atom. The molecule has 0 unspecified atom stereocenters. The summed E-state index contributed by atoms with van der Waals surface area (Å²) < 4.78 is 41.8. The lowest BCUT2D eigenvalue weighted by Crippen LogP contribution is -2.28. The Kier molecular flexibility index (Phi) is 5.33. The van der Waals surface area contributed by atoms with Gasteiger partial charge in [0.1, 0.15) is 30.2 Å². The predicted octanol–water partition coefficient (Wildman–Crippen LogP) is 4.34. The largest absolute Gasteiger partial charge is 0.422 e. The van der Waals surface area contributed by atoms with Gasteiger partial charge in [-0.05, 0) is 32.0 Å². The van der Waals surface area contributed by atoms with Crippen LogP contribution in [0.2, 0.25) is 5.02 Å². The summed E-state index contributed by atoms with van der Waals surface area (Å²) in [5.74, 6) is -0.435. The molecule has 13 heteroatoms. The van der Waals surface area contributed by atoms with Crippen molar-refractivity contribution in [3.63, 3.8) is 0 Å². The van der Waals surface area contributed by atoms with Crippen molar-refractivity contribution in [2.75, 3.05) is 5.73 Å². The first kappa shape index (κ1) is 24.2. The average Bonchev–Trinajstić information content (AvgIpc) is 3.55. The maximum absolute atomic E-state index is 15.1. The van der Waals surface area contributed by atoms with Gasteiger partial charge in [-0.25, -0.2) is 19.3 Å². The zero-order chi connectivity index (χ0) is 26.3. The summed E-state index contributed by atoms with van der Waals surface area (Å²) in [5, 5.41) is 8.70. The molecule has 2 N–H and O–H groups in total. The van der Waals surface area contributed by atoms with E-state index in [0.29, 0.717) is 17.1 Å². The van der Waals surface area contributed by atoms with Crippen LogP contribution in [0.1, 0.15) is 58.7 Å². The molecule has 2 aliphatic rings. The quantitative estimate of drug-likeness (QED) is 0.408. The van der Waals surface area contributed by atoms with Gasteiger partial charge in [0.2, 0.25) is 11.8 Å². The van der Waals surface area contributed by atoms with Gasteiger partial charge in [-0.3, -0.25) is 4.57 Å². The monoisotopic (exact) mass is 529 g/mol. The second kappa shape index (κ2) is 8.15. The van der Waals surface area contributed by atoms with Gasteiger partial charge >= 0.3 is 0 Å². The smallest absolute Gasteiger partial charge is 0.248 e. The second-order valence-electron chi connectivity index (χ2n) is 10.6. The molecule has 4 aromatic rings. The van der Waals surface area contributed by atoms with Crippen molar-refractivity contribution < 1.29 is 23.0 Å². The molecule has 0 aliphatic carbocycles. The van der Waals surface area contributed by atoms with Crippen LogP contribution in [0.25, 0.3) is 22.6 Å². The predicted molar refractivity (Wildman–Crippen MR) is 130 cm³/mol. The Labute approximate surface area is 216 Å². The molecule has 37 heavy (non-hydrogen) atoms. The van der Waals surface area contributed by atoms with Crippen LogP contribution in [0.4, 0.5) is 10.2 Å². The Bertz CT molecular complexity index is 1510. The van der Waals surface area contributed by atoms with Crippen molar-refractivity contribution in [2.45, 2.75) is 70.4 Å². The number of nitrogen functional groups attached to an aromatic ring is 1. The fraction of sp³-hybridized carbons (Fsp3) is 0.458. The Morgan fingerprint density at radius 3 is 2.57 bits per heavy atom. The van der Waals surface area contributed by atoms with Gasteiger partial charge in [0.15, 0.2) is 35.1 Å². The third-order valence-electron chi connectivity index (χ3n) is 6.29. The molecule has 2 fully saturated rings. The third kappa shape index (κ3) is 3.95. The molecule has 11 nitrogen and oxygen atoms in total. The highest BCUT2D eigenvalue weighted by Gasteiger charge is 2.58. The number of halogens is 2. The number of hydrogen-bond acceptors (Lipinski definition) is 10. The van der Waals surface area contributed by atoms with E-state index in [4.69, 9.17) is 36.0 Å². The minimum Gasteiger partial charge on any atom is -0.422 e. The summed E-state index contributed by atoms with van der Waals surface area (Å²) in [5.41, 5.74) is 6.57. The lowest BCUT2D eigenvalue weighted by molar-refractivity contribution is -0.199. The van der Waals surface area contributed by atoms with E-state index in [9.17, 15) is 0 Å². The number of nitrogens with two attached hydrogens (primary N) is 1. The normalized spacial score (nSPS) is 25.2. The highest BCUT2D eigenvalue weighted by atomic mass is 35.5. The van der Waals surface area contributed by atoms with Gasteiger partial charge < -0.3 is 24.4 Å². The molecule has 6 rings (SSSR count). The maximum atomic E-state index is 15.1. The molecule has 0 amide bonds. The second-order valence-corrected chi connectivity index (χ2v) is 11.0. The summed E-state index contributed by atoms with van der Waals surface area (Å²) in [6, 6.07) is 4.32. The number of ether oxygens (including phenoxy) is 3. The SMILES string of the molecule is CC1(C)O[C@@H]2[C@@H](O1)[C@H](n1c(-c3ccc(Cl)cc3F)nc3c(N)ncnc31)O[C@@H]2c1nnc(C(C)(C)C)o1. The van der Waals surface area contributed by atoms with E-state index in [2.05, 4.69) is 25.1 Å². The molecule has 0 saturated carbocycles. The van der Waals surface area contributed by atoms with Gasteiger partial charge in [0.25, 0.3) is 0 Å². The first-order valence-electron chi connectivity index (χ1n) is 11.7. The molecule has 2 saturated heterocycles.